The van der Waals surface area contributed by atoms with E-state index in [2.05, 4.69) is 5.32 Å². The van der Waals surface area contributed by atoms with E-state index in [1.54, 1.807) is 6.92 Å². The molecule has 108 valence electrons. The Hall–Kier alpha value is -1.20. The van der Waals surface area contributed by atoms with Gasteiger partial charge < -0.3 is 14.8 Å². The van der Waals surface area contributed by atoms with Crippen LogP contribution in [0.25, 0.3) is 0 Å². The van der Waals surface area contributed by atoms with Crippen LogP contribution in [-0.4, -0.2) is 26.4 Å². The Balaban J connectivity index is 2.68. The molecule has 0 aliphatic heterocycles. The largest absolute Gasteiger partial charge is 0.485 e. The lowest BCUT2D eigenvalue weighted by Gasteiger charge is -2.13. The van der Waals surface area contributed by atoms with Crippen LogP contribution in [0.15, 0.2) is 12.1 Å². The Kier molecular flexibility index (Phi) is 6.73. The first-order chi connectivity index (χ1) is 9.08. The highest BCUT2D eigenvalue weighted by Gasteiger charge is 2.13. The van der Waals surface area contributed by atoms with Gasteiger partial charge in [-0.05, 0) is 37.6 Å². The van der Waals surface area contributed by atoms with Gasteiger partial charge in [0.2, 0.25) is 0 Å². The Labute approximate surface area is 112 Å². The van der Waals surface area contributed by atoms with E-state index in [0.717, 1.165) is 13.0 Å². The fourth-order valence-electron chi connectivity index (χ4n) is 1.53. The van der Waals surface area contributed by atoms with E-state index in [9.17, 15) is 8.78 Å². The van der Waals surface area contributed by atoms with Crippen molar-refractivity contribution in [2.24, 2.45) is 0 Å². The minimum Gasteiger partial charge on any atom is -0.485 e. The molecule has 3 nitrogen and oxygen atoms in total. The zero-order chi connectivity index (χ0) is 14.3. The van der Waals surface area contributed by atoms with Crippen LogP contribution in [-0.2, 0) is 11.3 Å². The lowest BCUT2D eigenvalue weighted by Crippen LogP contribution is -2.18. The highest BCUT2D eigenvalue weighted by molar-refractivity contribution is 5.31. The van der Waals surface area contributed by atoms with Crippen molar-refractivity contribution in [2.45, 2.75) is 32.9 Å². The minimum atomic E-state index is -0.684. The van der Waals surface area contributed by atoms with Gasteiger partial charge >= 0.3 is 0 Å². The summed E-state index contributed by atoms with van der Waals surface area (Å²) in [6, 6.07) is 2.58. The second kappa shape index (κ2) is 8.07. The topological polar surface area (TPSA) is 30.5 Å². The molecule has 0 fully saturated rings. The highest BCUT2D eigenvalue weighted by atomic mass is 19.1. The molecule has 1 N–H and O–H groups in total. The third-order valence-corrected chi connectivity index (χ3v) is 2.68. The summed E-state index contributed by atoms with van der Waals surface area (Å²) in [5.41, 5.74) is 0.565. The van der Waals surface area contributed by atoms with Gasteiger partial charge in [-0.3, -0.25) is 0 Å². The predicted molar refractivity (Wildman–Crippen MR) is 70.3 cm³/mol. The lowest BCUT2D eigenvalue weighted by molar-refractivity contribution is 0.0685. The fraction of sp³-hybridized carbons (Fsp3) is 0.571. The van der Waals surface area contributed by atoms with Gasteiger partial charge in [-0.2, -0.15) is 0 Å². The van der Waals surface area contributed by atoms with Crippen molar-refractivity contribution in [2.75, 3.05) is 20.3 Å². The first-order valence-corrected chi connectivity index (χ1v) is 6.42. The molecular weight excluding hydrogens is 252 g/mol. The molecule has 1 aromatic rings. The Morgan fingerprint density at radius 1 is 1.26 bits per heavy atom. The zero-order valence-corrected chi connectivity index (χ0v) is 11.6. The van der Waals surface area contributed by atoms with Crippen LogP contribution in [0.1, 0.15) is 25.8 Å². The smallest absolute Gasteiger partial charge is 0.190 e. The molecule has 0 heterocycles. The molecule has 0 radical (unpaired) electrons. The normalized spacial score (nSPS) is 12.5. The molecule has 1 aromatic carbocycles. The van der Waals surface area contributed by atoms with Crippen molar-refractivity contribution in [3.63, 3.8) is 0 Å². The van der Waals surface area contributed by atoms with Crippen LogP contribution in [0.4, 0.5) is 8.78 Å². The van der Waals surface area contributed by atoms with E-state index in [1.165, 1.54) is 19.2 Å². The number of benzene rings is 1. The van der Waals surface area contributed by atoms with Gasteiger partial charge in [0, 0.05) is 13.7 Å². The molecular formula is C14H21F2NO2. The Morgan fingerprint density at radius 3 is 2.42 bits per heavy atom. The minimum absolute atomic E-state index is 0.109. The second-order valence-corrected chi connectivity index (χ2v) is 4.42. The van der Waals surface area contributed by atoms with E-state index in [1.807, 2.05) is 6.92 Å². The zero-order valence-electron chi connectivity index (χ0n) is 11.6. The van der Waals surface area contributed by atoms with Crippen LogP contribution in [0, 0.1) is 11.6 Å². The van der Waals surface area contributed by atoms with Crippen molar-refractivity contribution in [3.8, 4) is 5.75 Å². The number of hydrogen-bond acceptors (Lipinski definition) is 3. The maximum atomic E-state index is 13.7. The second-order valence-electron chi connectivity index (χ2n) is 4.42. The summed E-state index contributed by atoms with van der Waals surface area (Å²) in [5.74, 6) is -1.71. The van der Waals surface area contributed by atoms with Crippen molar-refractivity contribution in [3.05, 3.63) is 29.3 Å². The van der Waals surface area contributed by atoms with Crippen molar-refractivity contribution >= 4 is 0 Å². The summed E-state index contributed by atoms with van der Waals surface area (Å²) < 4.78 is 37.5. The molecule has 1 unspecified atom stereocenters. The molecule has 0 amide bonds. The van der Waals surface area contributed by atoms with Gasteiger partial charge in [0.1, 0.15) is 6.61 Å². The first kappa shape index (κ1) is 15.9. The van der Waals surface area contributed by atoms with Crippen LogP contribution < -0.4 is 10.1 Å². The van der Waals surface area contributed by atoms with Crippen LogP contribution >= 0.6 is 0 Å². The third kappa shape index (κ3) is 5.12. The van der Waals surface area contributed by atoms with Crippen molar-refractivity contribution in [1.29, 1.82) is 0 Å². The molecule has 1 atom stereocenters. The quantitative estimate of drug-likeness (QED) is 0.739. The van der Waals surface area contributed by atoms with Crippen LogP contribution in [0.3, 0.4) is 0 Å². The molecule has 0 spiro atoms. The average Bonchev–Trinajstić information content (AvgIpc) is 2.37. The maximum absolute atomic E-state index is 13.7. The molecule has 0 saturated carbocycles. The summed E-state index contributed by atoms with van der Waals surface area (Å²) in [4.78, 5) is 0. The van der Waals surface area contributed by atoms with Gasteiger partial charge in [0.25, 0.3) is 0 Å². The summed E-state index contributed by atoms with van der Waals surface area (Å²) >= 11 is 0. The number of halogens is 2. The van der Waals surface area contributed by atoms with Crippen molar-refractivity contribution in [1.82, 2.24) is 5.32 Å². The fourth-order valence-corrected chi connectivity index (χ4v) is 1.53. The summed E-state index contributed by atoms with van der Waals surface area (Å²) in [5, 5.41) is 3.09. The number of hydrogen-bond donors (Lipinski definition) is 1. The molecule has 0 saturated heterocycles. The van der Waals surface area contributed by atoms with E-state index in [-0.39, 0.29) is 18.5 Å². The first-order valence-electron chi connectivity index (χ1n) is 6.42. The van der Waals surface area contributed by atoms with Gasteiger partial charge in [-0.25, -0.2) is 8.78 Å². The monoisotopic (exact) mass is 273 g/mol. The standard InChI is InChI=1S/C14H21F2NO2/c1-4-5-17-8-11-6-12(15)14(13(16)7-11)19-9-10(2)18-3/h6-7,10,17H,4-5,8-9H2,1-3H3. The summed E-state index contributed by atoms with van der Waals surface area (Å²) in [6.45, 7) is 5.15. The highest BCUT2D eigenvalue weighted by Crippen LogP contribution is 2.23. The van der Waals surface area contributed by atoms with Gasteiger partial charge in [-0.15, -0.1) is 0 Å². The van der Waals surface area contributed by atoms with Crippen molar-refractivity contribution < 1.29 is 18.3 Å². The van der Waals surface area contributed by atoms with Crippen LogP contribution in [0.5, 0.6) is 5.75 Å². The maximum Gasteiger partial charge on any atom is 0.190 e. The Morgan fingerprint density at radius 2 is 1.89 bits per heavy atom. The number of methoxy groups -OCH3 is 1. The lowest BCUT2D eigenvalue weighted by atomic mass is 10.2. The average molecular weight is 273 g/mol. The number of ether oxygens (including phenoxy) is 2. The van der Waals surface area contributed by atoms with E-state index < -0.39 is 11.6 Å². The predicted octanol–water partition coefficient (Wildman–Crippen LogP) is 2.88. The van der Waals surface area contributed by atoms with Gasteiger partial charge in [0.05, 0.1) is 6.10 Å². The molecule has 0 bridgehead atoms. The SMILES string of the molecule is CCCNCc1cc(F)c(OCC(C)OC)c(F)c1. The third-order valence-electron chi connectivity index (χ3n) is 2.68. The van der Waals surface area contributed by atoms with Crippen LogP contribution in [0.2, 0.25) is 0 Å². The van der Waals surface area contributed by atoms with E-state index in [4.69, 9.17) is 9.47 Å². The molecule has 1 rings (SSSR count). The van der Waals surface area contributed by atoms with E-state index in [0.29, 0.717) is 12.1 Å². The summed E-state index contributed by atoms with van der Waals surface area (Å²) in [7, 11) is 1.52. The van der Waals surface area contributed by atoms with Gasteiger partial charge in [-0.1, -0.05) is 6.92 Å². The molecule has 0 aromatic heterocycles. The number of rotatable bonds is 8. The van der Waals surface area contributed by atoms with E-state index >= 15 is 0 Å². The van der Waals surface area contributed by atoms with Gasteiger partial charge in [0.15, 0.2) is 17.4 Å². The summed E-state index contributed by atoms with van der Waals surface area (Å²) in [6.07, 6.45) is 0.755. The number of nitrogens with one attached hydrogen (secondary N) is 1. The molecule has 0 aliphatic carbocycles. The molecule has 0 aliphatic rings. The molecule has 5 heteroatoms. The molecule has 19 heavy (non-hydrogen) atoms. The Bertz CT molecular complexity index is 376.